The number of sulfonamides is 1. The molecule has 2 amide bonds. The van der Waals surface area contributed by atoms with Crippen molar-refractivity contribution < 1.29 is 22.7 Å². The van der Waals surface area contributed by atoms with Crippen molar-refractivity contribution in [2.24, 2.45) is 0 Å². The third-order valence-corrected chi connectivity index (χ3v) is 5.81. The van der Waals surface area contributed by atoms with Gasteiger partial charge in [0.15, 0.2) is 0 Å². The van der Waals surface area contributed by atoms with Crippen LogP contribution in [0, 0.1) is 0 Å². The quantitative estimate of drug-likeness (QED) is 0.698. The molecule has 1 aliphatic rings. The minimum Gasteiger partial charge on any atom is -0.450 e. The zero-order chi connectivity index (χ0) is 20.0. The molecule has 0 bridgehead atoms. The maximum atomic E-state index is 12.6. The van der Waals surface area contributed by atoms with Gasteiger partial charge in [0.1, 0.15) is 0 Å². The Morgan fingerprint density at radius 2 is 1.74 bits per heavy atom. The van der Waals surface area contributed by atoms with E-state index in [1.54, 1.807) is 36.1 Å². The zero-order valence-corrected chi connectivity index (χ0v) is 17.0. The summed E-state index contributed by atoms with van der Waals surface area (Å²) in [6.07, 6.45) is 0.664. The second kappa shape index (κ2) is 9.38. The zero-order valence-electron chi connectivity index (χ0n) is 15.4. The molecule has 0 N–H and O–H groups in total. The average molecular weight is 418 g/mol. The van der Waals surface area contributed by atoms with Crippen molar-refractivity contribution in [2.75, 3.05) is 45.6 Å². The number of ether oxygens (including phenoxy) is 1. The van der Waals surface area contributed by atoms with Gasteiger partial charge in [0.2, 0.25) is 15.9 Å². The molecule has 0 saturated carbocycles. The molecule has 0 unspecified atom stereocenters. The number of nitrogens with zero attached hydrogens (tertiary/aromatic N) is 3. The van der Waals surface area contributed by atoms with Crippen LogP contribution in [0.5, 0.6) is 0 Å². The second-order valence-electron chi connectivity index (χ2n) is 6.19. The number of halogens is 1. The molecule has 2 rings (SSSR count). The number of carbonyl (C=O) groups is 2. The summed E-state index contributed by atoms with van der Waals surface area (Å²) in [5, 5.41) is 0.446. The van der Waals surface area contributed by atoms with E-state index in [0.29, 0.717) is 43.4 Å². The lowest BCUT2D eigenvalue weighted by Crippen LogP contribution is -2.53. The Bertz CT molecular complexity index is 779. The molecule has 27 heavy (non-hydrogen) atoms. The van der Waals surface area contributed by atoms with Gasteiger partial charge in [-0.3, -0.25) is 4.79 Å². The van der Waals surface area contributed by atoms with E-state index in [2.05, 4.69) is 0 Å². The molecule has 1 saturated heterocycles. The Morgan fingerprint density at radius 1 is 1.15 bits per heavy atom. The topological polar surface area (TPSA) is 87.2 Å². The highest BCUT2D eigenvalue weighted by Crippen LogP contribution is 2.18. The standard InChI is InChI=1S/C17H24ClN3O5S/c1-3-26-17(23)20-10-8-19(9-11-20)16(22)13-21(27(2,24)25)12-14-6-4-5-7-15(14)18/h4-7H,3,8-13H2,1-2H3. The minimum absolute atomic E-state index is 0.0209. The van der Waals surface area contributed by atoms with Gasteiger partial charge in [0, 0.05) is 37.7 Å². The van der Waals surface area contributed by atoms with Gasteiger partial charge in [-0.25, -0.2) is 13.2 Å². The molecule has 1 heterocycles. The van der Waals surface area contributed by atoms with E-state index >= 15 is 0 Å². The van der Waals surface area contributed by atoms with Crippen molar-refractivity contribution in [3.8, 4) is 0 Å². The molecule has 0 spiro atoms. The highest BCUT2D eigenvalue weighted by Gasteiger charge is 2.28. The summed E-state index contributed by atoms with van der Waals surface area (Å²) in [5.41, 5.74) is 0.629. The number of rotatable bonds is 6. The number of hydrogen-bond acceptors (Lipinski definition) is 5. The fourth-order valence-corrected chi connectivity index (χ4v) is 3.63. The molecule has 0 aromatic heterocycles. The lowest BCUT2D eigenvalue weighted by Gasteiger charge is -2.35. The van der Waals surface area contributed by atoms with Crippen LogP contribution in [0.3, 0.4) is 0 Å². The van der Waals surface area contributed by atoms with Crippen LogP contribution >= 0.6 is 11.6 Å². The minimum atomic E-state index is -3.60. The van der Waals surface area contributed by atoms with E-state index in [1.807, 2.05) is 0 Å². The monoisotopic (exact) mass is 417 g/mol. The summed E-state index contributed by atoms with van der Waals surface area (Å²) in [7, 11) is -3.60. The Balaban J connectivity index is 1.99. The van der Waals surface area contributed by atoms with Crippen molar-refractivity contribution in [1.29, 1.82) is 0 Å². The lowest BCUT2D eigenvalue weighted by atomic mass is 10.2. The van der Waals surface area contributed by atoms with Gasteiger partial charge in [-0.2, -0.15) is 4.31 Å². The van der Waals surface area contributed by atoms with Crippen LogP contribution in [0.2, 0.25) is 5.02 Å². The van der Waals surface area contributed by atoms with Gasteiger partial charge < -0.3 is 14.5 Å². The molecular weight excluding hydrogens is 394 g/mol. The summed E-state index contributed by atoms with van der Waals surface area (Å²) in [6, 6.07) is 6.92. The maximum Gasteiger partial charge on any atom is 0.409 e. The van der Waals surface area contributed by atoms with Gasteiger partial charge in [-0.1, -0.05) is 29.8 Å². The van der Waals surface area contributed by atoms with E-state index < -0.39 is 16.1 Å². The van der Waals surface area contributed by atoms with Crippen molar-refractivity contribution in [2.45, 2.75) is 13.5 Å². The van der Waals surface area contributed by atoms with Crippen molar-refractivity contribution in [1.82, 2.24) is 14.1 Å². The summed E-state index contributed by atoms with van der Waals surface area (Å²) >= 11 is 6.11. The number of amides is 2. The summed E-state index contributed by atoms with van der Waals surface area (Å²) in [6.45, 7) is 3.15. The van der Waals surface area contributed by atoms with Crippen molar-refractivity contribution in [3.63, 3.8) is 0 Å². The van der Waals surface area contributed by atoms with Gasteiger partial charge in [-0.15, -0.1) is 0 Å². The number of piperazine rings is 1. The first kappa shape index (κ1) is 21.5. The molecule has 10 heteroatoms. The molecular formula is C17H24ClN3O5S. The largest absolute Gasteiger partial charge is 0.450 e. The van der Waals surface area contributed by atoms with E-state index in [-0.39, 0.29) is 19.0 Å². The van der Waals surface area contributed by atoms with Gasteiger partial charge in [0.25, 0.3) is 0 Å². The molecule has 1 aromatic carbocycles. The van der Waals surface area contributed by atoms with Gasteiger partial charge in [-0.05, 0) is 18.6 Å². The maximum absolute atomic E-state index is 12.6. The Morgan fingerprint density at radius 3 is 2.30 bits per heavy atom. The van der Waals surface area contributed by atoms with Gasteiger partial charge >= 0.3 is 6.09 Å². The number of hydrogen-bond donors (Lipinski definition) is 0. The molecule has 1 aliphatic heterocycles. The fraction of sp³-hybridized carbons (Fsp3) is 0.529. The predicted octanol–water partition coefficient (Wildman–Crippen LogP) is 1.40. The SMILES string of the molecule is CCOC(=O)N1CCN(C(=O)CN(Cc2ccccc2Cl)S(C)(=O)=O)CC1. The molecule has 0 aliphatic carbocycles. The van der Waals surface area contributed by atoms with Crippen LogP contribution in [0.25, 0.3) is 0 Å². The van der Waals surface area contributed by atoms with Crippen LogP contribution in [-0.2, 0) is 26.1 Å². The van der Waals surface area contributed by atoms with E-state index in [4.69, 9.17) is 16.3 Å². The highest BCUT2D eigenvalue weighted by atomic mass is 35.5. The molecule has 1 aromatic rings. The van der Waals surface area contributed by atoms with Crippen LogP contribution in [0.4, 0.5) is 4.79 Å². The molecule has 150 valence electrons. The smallest absolute Gasteiger partial charge is 0.409 e. The van der Waals surface area contributed by atoms with E-state index in [0.717, 1.165) is 10.6 Å². The normalized spacial score (nSPS) is 15.1. The molecule has 0 radical (unpaired) electrons. The average Bonchev–Trinajstić information content (AvgIpc) is 2.62. The number of benzene rings is 1. The summed E-state index contributed by atoms with van der Waals surface area (Å²) in [4.78, 5) is 27.4. The van der Waals surface area contributed by atoms with E-state index in [9.17, 15) is 18.0 Å². The van der Waals surface area contributed by atoms with E-state index in [1.165, 1.54) is 4.90 Å². The highest BCUT2D eigenvalue weighted by molar-refractivity contribution is 7.88. The first-order valence-electron chi connectivity index (χ1n) is 8.60. The number of carbonyl (C=O) groups excluding carboxylic acids is 2. The first-order chi connectivity index (χ1) is 12.7. The van der Waals surface area contributed by atoms with Crippen molar-refractivity contribution in [3.05, 3.63) is 34.9 Å². The van der Waals surface area contributed by atoms with Crippen LogP contribution in [-0.4, -0.2) is 80.1 Å². The van der Waals surface area contributed by atoms with Crippen LogP contribution < -0.4 is 0 Å². The summed E-state index contributed by atoms with van der Waals surface area (Å²) in [5.74, 6) is -0.309. The Hall–Kier alpha value is -1.84. The van der Waals surface area contributed by atoms with Crippen molar-refractivity contribution >= 4 is 33.6 Å². The molecule has 1 fully saturated rings. The summed E-state index contributed by atoms with van der Waals surface area (Å²) < 4.78 is 30.3. The Kier molecular flexibility index (Phi) is 7.46. The third kappa shape index (κ3) is 6.08. The van der Waals surface area contributed by atoms with Crippen LogP contribution in [0.15, 0.2) is 24.3 Å². The van der Waals surface area contributed by atoms with Gasteiger partial charge in [0.05, 0.1) is 19.4 Å². The van der Waals surface area contributed by atoms with Crippen LogP contribution in [0.1, 0.15) is 12.5 Å². The first-order valence-corrected chi connectivity index (χ1v) is 10.8. The second-order valence-corrected chi connectivity index (χ2v) is 8.58. The predicted molar refractivity (Wildman–Crippen MR) is 102 cm³/mol. The fourth-order valence-electron chi connectivity index (χ4n) is 2.71. The molecule has 0 atom stereocenters. The Labute approximate surface area is 164 Å². The third-order valence-electron chi connectivity index (χ3n) is 4.24. The lowest BCUT2D eigenvalue weighted by molar-refractivity contribution is -0.133. The molecule has 8 nitrogen and oxygen atoms in total.